The standard InChI is InChI=1S/C34H41F3N8O3S/c1-33(2,23-38)31-10-9-26(21-40-31)39-13-5-6-27-20-28-29(7-4-8-30(28)45(27)24-34(35,36)37)41-25-11-14-42(15-12-25)22-32(46)43-16-18-44(19-17-43)49(3,47)48/h4,7-10,20-21,25,39,41H,11-19,22,24H2,1-3H3. The Bertz CT molecular complexity index is 1860. The Morgan fingerprint density at radius 2 is 1.78 bits per heavy atom. The van der Waals surface area contributed by atoms with Crippen LogP contribution in [0.1, 0.15) is 38.1 Å². The van der Waals surface area contributed by atoms with Crippen molar-refractivity contribution in [2.75, 3.05) is 69.2 Å². The van der Waals surface area contributed by atoms with E-state index in [1.165, 1.54) is 15.1 Å². The number of alkyl halides is 3. The summed E-state index contributed by atoms with van der Waals surface area (Å²) < 4.78 is 67.2. The molecule has 2 saturated heterocycles. The van der Waals surface area contributed by atoms with E-state index in [9.17, 15) is 31.6 Å². The summed E-state index contributed by atoms with van der Waals surface area (Å²) in [6.07, 6.45) is -0.176. The highest BCUT2D eigenvalue weighted by Gasteiger charge is 2.31. The average Bonchev–Trinajstić information content (AvgIpc) is 3.40. The quantitative estimate of drug-likeness (QED) is 0.323. The number of hydrogen-bond acceptors (Lipinski definition) is 8. The van der Waals surface area contributed by atoms with Crippen molar-refractivity contribution in [3.63, 3.8) is 0 Å². The number of benzene rings is 1. The zero-order chi connectivity index (χ0) is 35.4. The predicted octanol–water partition coefficient (Wildman–Crippen LogP) is 3.84. The molecular weight excluding hydrogens is 657 g/mol. The van der Waals surface area contributed by atoms with Crippen LogP contribution < -0.4 is 10.6 Å². The average molecular weight is 699 g/mol. The fourth-order valence-corrected chi connectivity index (χ4v) is 6.91. The number of sulfonamides is 1. The number of pyridine rings is 1. The topological polar surface area (TPSA) is 127 Å². The van der Waals surface area contributed by atoms with Gasteiger partial charge in [-0.3, -0.25) is 14.7 Å². The summed E-state index contributed by atoms with van der Waals surface area (Å²) in [7, 11) is -3.27. The van der Waals surface area contributed by atoms with Crippen LogP contribution in [-0.2, 0) is 26.8 Å². The molecule has 0 aliphatic carbocycles. The van der Waals surface area contributed by atoms with Crippen LogP contribution in [0.15, 0.2) is 42.6 Å². The van der Waals surface area contributed by atoms with E-state index < -0.39 is 28.2 Å². The van der Waals surface area contributed by atoms with Gasteiger partial charge in [-0.15, -0.1) is 0 Å². The molecule has 2 N–H and O–H groups in total. The molecule has 2 fully saturated rings. The number of likely N-dealkylation sites (tertiary alicyclic amines) is 1. The number of nitriles is 1. The minimum Gasteiger partial charge on any atom is -0.382 e. The predicted molar refractivity (Wildman–Crippen MR) is 182 cm³/mol. The number of aromatic nitrogens is 2. The highest BCUT2D eigenvalue weighted by Crippen LogP contribution is 2.31. The molecule has 1 amide bonds. The lowest BCUT2D eigenvalue weighted by molar-refractivity contribution is -0.140. The molecule has 0 unspecified atom stereocenters. The number of halogens is 3. The molecule has 2 aliphatic rings. The van der Waals surface area contributed by atoms with Gasteiger partial charge in [0.1, 0.15) is 6.54 Å². The lowest BCUT2D eigenvalue weighted by atomic mass is 9.91. The van der Waals surface area contributed by atoms with Crippen molar-refractivity contribution in [2.45, 2.75) is 50.9 Å². The first-order valence-electron chi connectivity index (χ1n) is 16.1. The van der Waals surface area contributed by atoms with Gasteiger partial charge in [-0.25, -0.2) is 8.42 Å². The number of carbonyl (C=O) groups is 1. The lowest BCUT2D eigenvalue weighted by Gasteiger charge is -2.36. The summed E-state index contributed by atoms with van der Waals surface area (Å²) in [5, 5.41) is 16.6. The molecule has 0 spiro atoms. The summed E-state index contributed by atoms with van der Waals surface area (Å²) in [4.78, 5) is 21.0. The second-order valence-corrected chi connectivity index (χ2v) is 15.0. The minimum absolute atomic E-state index is 0.0200. The van der Waals surface area contributed by atoms with E-state index >= 15 is 0 Å². The fraction of sp³-hybridized carbons (Fsp3) is 0.500. The normalized spacial score (nSPS) is 17.0. The number of nitrogens with zero attached hydrogens (tertiary/aromatic N) is 6. The second kappa shape index (κ2) is 14.7. The van der Waals surface area contributed by atoms with Crippen molar-refractivity contribution in [1.29, 1.82) is 5.26 Å². The molecule has 0 atom stereocenters. The van der Waals surface area contributed by atoms with Crippen LogP contribution in [0.3, 0.4) is 0 Å². The summed E-state index contributed by atoms with van der Waals surface area (Å²) in [5.41, 5.74) is 1.99. The number of piperazine rings is 1. The molecule has 5 rings (SSSR count). The molecule has 11 nitrogen and oxygen atoms in total. The van der Waals surface area contributed by atoms with Crippen LogP contribution in [0.4, 0.5) is 24.5 Å². The third kappa shape index (κ3) is 9.23. The van der Waals surface area contributed by atoms with Crippen LogP contribution in [0.2, 0.25) is 0 Å². The number of nitrogens with one attached hydrogen (secondary N) is 2. The zero-order valence-electron chi connectivity index (χ0n) is 27.8. The first-order valence-corrected chi connectivity index (χ1v) is 18.0. The van der Waals surface area contributed by atoms with Crippen LogP contribution in [0.5, 0.6) is 0 Å². The molecule has 0 saturated carbocycles. The van der Waals surface area contributed by atoms with Crippen LogP contribution >= 0.6 is 0 Å². The summed E-state index contributed by atoms with van der Waals surface area (Å²) in [6, 6.07) is 12.8. The first kappa shape index (κ1) is 36.0. The maximum Gasteiger partial charge on any atom is 0.406 e. The van der Waals surface area contributed by atoms with Crippen molar-refractivity contribution in [1.82, 2.24) is 23.7 Å². The van der Waals surface area contributed by atoms with Gasteiger partial charge in [0.15, 0.2) is 0 Å². The fourth-order valence-electron chi connectivity index (χ4n) is 6.09. The molecular formula is C34H41F3N8O3S. The van der Waals surface area contributed by atoms with E-state index in [1.54, 1.807) is 55.3 Å². The van der Waals surface area contributed by atoms with Gasteiger partial charge < -0.3 is 20.1 Å². The minimum atomic E-state index is -4.44. The Morgan fingerprint density at radius 1 is 1.06 bits per heavy atom. The molecule has 2 aliphatic heterocycles. The largest absolute Gasteiger partial charge is 0.406 e. The first-order chi connectivity index (χ1) is 23.1. The van der Waals surface area contributed by atoms with Crippen molar-refractivity contribution in [3.05, 3.63) is 54.0 Å². The molecule has 3 aromatic rings. The van der Waals surface area contributed by atoms with Gasteiger partial charge in [-0.2, -0.15) is 22.7 Å². The van der Waals surface area contributed by atoms with Gasteiger partial charge in [0, 0.05) is 56.4 Å². The number of piperidine rings is 1. The van der Waals surface area contributed by atoms with Crippen molar-refractivity contribution in [3.8, 4) is 17.9 Å². The molecule has 262 valence electrons. The van der Waals surface area contributed by atoms with Gasteiger partial charge in [-0.1, -0.05) is 12.0 Å². The van der Waals surface area contributed by atoms with Crippen LogP contribution in [0.25, 0.3) is 10.9 Å². The van der Waals surface area contributed by atoms with Crippen LogP contribution in [0, 0.1) is 23.2 Å². The molecule has 15 heteroatoms. The van der Waals surface area contributed by atoms with E-state index in [1.807, 2.05) is 6.07 Å². The van der Waals surface area contributed by atoms with Crippen molar-refractivity contribution >= 4 is 38.2 Å². The van der Waals surface area contributed by atoms with Gasteiger partial charge in [0.2, 0.25) is 15.9 Å². The Hall–Kier alpha value is -4.31. The van der Waals surface area contributed by atoms with E-state index in [0.717, 1.165) is 18.5 Å². The number of hydrogen-bond donors (Lipinski definition) is 2. The highest BCUT2D eigenvalue weighted by atomic mass is 32.2. The van der Waals surface area contributed by atoms with Gasteiger partial charge >= 0.3 is 6.18 Å². The molecule has 0 radical (unpaired) electrons. The second-order valence-electron chi connectivity index (χ2n) is 13.0. The third-order valence-corrected chi connectivity index (χ3v) is 10.2. The number of amides is 1. The molecule has 0 bridgehead atoms. The Labute approximate surface area is 285 Å². The summed E-state index contributed by atoms with van der Waals surface area (Å²) in [6.45, 7) is 5.52. The number of fused-ring (bicyclic) bond motifs is 1. The van der Waals surface area contributed by atoms with E-state index in [0.29, 0.717) is 61.6 Å². The van der Waals surface area contributed by atoms with Gasteiger partial charge in [0.25, 0.3) is 0 Å². The Morgan fingerprint density at radius 3 is 2.39 bits per heavy atom. The molecule has 4 heterocycles. The highest BCUT2D eigenvalue weighted by molar-refractivity contribution is 7.88. The molecule has 1 aromatic carbocycles. The van der Waals surface area contributed by atoms with E-state index in [-0.39, 0.29) is 30.7 Å². The lowest BCUT2D eigenvalue weighted by Crippen LogP contribution is -2.53. The number of carbonyl (C=O) groups excluding carboxylic acids is 1. The monoisotopic (exact) mass is 698 g/mol. The number of rotatable bonds is 9. The van der Waals surface area contributed by atoms with Gasteiger partial charge in [0.05, 0.1) is 59.6 Å². The summed E-state index contributed by atoms with van der Waals surface area (Å²) >= 11 is 0. The van der Waals surface area contributed by atoms with Crippen LogP contribution in [-0.4, -0.2) is 109 Å². The van der Waals surface area contributed by atoms with E-state index in [4.69, 9.17) is 0 Å². The van der Waals surface area contributed by atoms with Crippen molar-refractivity contribution in [2.24, 2.45) is 0 Å². The van der Waals surface area contributed by atoms with Crippen molar-refractivity contribution < 1.29 is 26.4 Å². The van der Waals surface area contributed by atoms with E-state index in [2.05, 4.69) is 38.4 Å². The molecule has 2 aromatic heterocycles. The van der Waals surface area contributed by atoms with Gasteiger partial charge in [-0.05, 0) is 62.9 Å². The zero-order valence-corrected chi connectivity index (χ0v) is 28.7. The number of anilines is 2. The maximum atomic E-state index is 13.7. The SMILES string of the molecule is CC(C)(C#N)c1ccc(NCC#Cc2cc3c(NC4CCN(CC(=O)N5CCN(S(C)(=O)=O)CC5)CC4)cccc3n2CC(F)(F)F)cn1. The third-order valence-electron chi connectivity index (χ3n) is 8.93. The Kier molecular flexibility index (Phi) is 10.8. The molecule has 49 heavy (non-hydrogen) atoms. The maximum absolute atomic E-state index is 13.7. The Balaban J connectivity index is 1.21. The summed E-state index contributed by atoms with van der Waals surface area (Å²) in [5.74, 6) is 5.83. The smallest absolute Gasteiger partial charge is 0.382 e.